The minimum atomic E-state index is -0.597. The van der Waals surface area contributed by atoms with E-state index < -0.39 is 17.7 Å². The molecule has 6 heteroatoms. The van der Waals surface area contributed by atoms with Gasteiger partial charge in [0.15, 0.2) is 12.4 Å². The van der Waals surface area contributed by atoms with E-state index in [0.717, 1.165) is 0 Å². The number of carbonyl (C=O) groups is 3. The summed E-state index contributed by atoms with van der Waals surface area (Å²) in [6, 6.07) is 8.57. The molecule has 120 valence electrons. The van der Waals surface area contributed by atoms with Crippen molar-refractivity contribution < 1.29 is 23.9 Å². The topological polar surface area (TPSA) is 81.7 Å². The SMILES string of the molecule is CC(C)(C)OC(=O)NCCC(=O)OCC(=O)c1ccccc1. The molecule has 0 aliphatic heterocycles. The Morgan fingerprint density at radius 1 is 1.09 bits per heavy atom. The number of hydrogen-bond donors (Lipinski definition) is 1. The lowest BCUT2D eigenvalue weighted by atomic mass is 10.1. The van der Waals surface area contributed by atoms with Gasteiger partial charge in [0.05, 0.1) is 6.42 Å². The standard InChI is InChI=1S/C16H21NO5/c1-16(2,3)22-15(20)17-10-9-14(19)21-11-13(18)12-7-5-4-6-8-12/h4-8H,9-11H2,1-3H3,(H,17,20). The van der Waals surface area contributed by atoms with Crippen LogP contribution in [-0.4, -0.2) is 36.6 Å². The summed E-state index contributed by atoms with van der Waals surface area (Å²) < 4.78 is 9.88. The van der Waals surface area contributed by atoms with Gasteiger partial charge in [-0.2, -0.15) is 0 Å². The Bertz CT molecular complexity index is 519. The average molecular weight is 307 g/mol. The van der Waals surface area contributed by atoms with Crippen LogP contribution in [0.15, 0.2) is 30.3 Å². The van der Waals surface area contributed by atoms with Crippen molar-refractivity contribution in [2.75, 3.05) is 13.2 Å². The van der Waals surface area contributed by atoms with Crippen LogP contribution in [0.25, 0.3) is 0 Å². The largest absolute Gasteiger partial charge is 0.457 e. The third-order valence-electron chi connectivity index (χ3n) is 2.46. The lowest BCUT2D eigenvalue weighted by Crippen LogP contribution is -2.33. The van der Waals surface area contributed by atoms with Crippen LogP contribution in [0.5, 0.6) is 0 Å². The van der Waals surface area contributed by atoms with E-state index in [2.05, 4.69) is 5.32 Å². The number of benzene rings is 1. The van der Waals surface area contributed by atoms with Crippen molar-refractivity contribution in [1.29, 1.82) is 0 Å². The molecule has 1 aromatic rings. The predicted molar refractivity (Wildman–Crippen MR) is 80.6 cm³/mol. The number of carbonyl (C=O) groups excluding carboxylic acids is 3. The molecule has 6 nitrogen and oxygen atoms in total. The fraction of sp³-hybridized carbons (Fsp3) is 0.438. The number of rotatable bonds is 6. The van der Waals surface area contributed by atoms with Crippen LogP contribution in [0.4, 0.5) is 4.79 Å². The second-order valence-electron chi connectivity index (χ2n) is 5.63. The molecular formula is C16H21NO5. The molecule has 0 bridgehead atoms. The van der Waals surface area contributed by atoms with E-state index in [9.17, 15) is 14.4 Å². The Kier molecular flexibility index (Phi) is 6.56. The number of ketones is 1. The number of ether oxygens (including phenoxy) is 2. The first-order valence-electron chi connectivity index (χ1n) is 6.98. The second-order valence-corrected chi connectivity index (χ2v) is 5.63. The maximum atomic E-state index is 11.7. The number of amides is 1. The Hall–Kier alpha value is -2.37. The van der Waals surface area contributed by atoms with E-state index in [1.54, 1.807) is 51.1 Å². The molecule has 0 fully saturated rings. The minimum Gasteiger partial charge on any atom is -0.457 e. The molecule has 0 heterocycles. The summed E-state index contributed by atoms with van der Waals surface area (Å²) in [7, 11) is 0. The maximum Gasteiger partial charge on any atom is 0.407 e. The van der Waals surface area contributed by atoms with Gasteiger partial charge >= 0.3 is 12.1 Å². The molecule has 0 unspecified atom stereocenters. The van der Waals surface area contributed by atoms with Gasteiger partial charge in [-0.25, -0.2) is 4.79 Å². The predicted octanol–water partition coefficient (Wildman–Crippen LogP) is 2.33. The summed E-state index contributed by atoms with van der Waals surface area (Å²) in [6.45, 7) is 5.02. The van der Waals surface area contributed by atoms with Gasteiger partial charge in [-0.1, -0.05) is 30.3 Å². The van der Waals surface area contributed by atoms with Crippen LogP contribution in [0.1, 0.15) is 37.6 Å². The zero-order valence-corrected chi connectivity index (χ0v) is 13.0. The Morgan fingerprint density at radius 2 is 1.73 bits per heavy atom. The first kappa shape index (κ1) is 17.7. The van der Waals surface area contributed by atoms with Crippen molar-refractivity contribution in [3.8, 4) is 0 Å². The normalized spacial score (nSPS) is 10.7. The first-order chi connectivity index (χ1) is 10.3. The molecule has 22 heavy (non-hydrogen) atoms. The van der Waals surface area contributed by atoms with E-state index >= 15 is 0 Å². The number of nitrogens with one attached hydrogen (secondary N) is 1. The molecular weight excluding hydrogens is 286 g/mol. The van der Waals surface area contributed by atoms with Gasteiger partial charge in [0.25, 0.3) is 0 Å². The van der Waals surface area contributed by atoms with E-state index in [-0.39, 0.29) is 25.4 Å². The van der Waals surface area contributed by atoms with Gasteiger partial charge in [0, 0.05) is 12.1 Å². The number of esters is 1. The van der Waals surface area contributed by atoms with E-state index in [1.165, 1.54) is 0 Å². The van der Waals surface area contributed by atoms with Gasteiger partial charge in [-0.3, -0.25) is 9.59 Å². The van der Waals surface area contributed by atoms with Crippen molar-refractivity contribution >= 4 is 17.8 Å². The number of hydrogen-bond acceptors (Lipinski definition) is 5. The third kappa shape index (κ3) is 7.42. The van der Waals surface area contributed by atoms with Crippen molar-refractivity contribution in [3.63, 3.8) is 0 Å². The van der Waals surface area contributed by atoms with Gasteiger partial charge in [0.1, 0.15) is 5.60 Å². The van der Waals surface area contributed by atoms with Crippen molar-refractivity contribution in [2.45, 2.75) is 32.8 Å². The molecule has 0 spiro atoms. The summed E-state index contributed by atoms with van der Waals surface area (Å²) in [5.41, 5.74) is -0.102. The molecule has 0 aliphatic carbocycles. The zero-order chi connectivity index (χ0) is 16.6. The smallest absolute Gasteiger partial charge is 0.407 e. The summed E-state index contributed by atoms with van der Waals surface area (Å²) in [6.07, 6.45) is -0.623. The van der Waals surface area contributed by atoms with Crippen molar-refractivity contribution in [3.05, 3.63) is 35.9 Å². The molecule has 1 amide bonds. The molecule has 0 atom stereocenters. The fourth-order valence-electron chi connectivity index (χ4n) is 1.51. The van der Waals surface area contributed by atoms with Gasteiger partial charge in [-0.05, 0) is 20.8 Å². The molecule has 1 aromatic carbocycles. The third-order valence-corrected chi connectivity index (χ3v) is 2.46. The fourth-order valence-corrected chi connectivity index (χ4v) is 1.51. The Labute approximate surface area is 129 Å². The van der Waals surface area contributed by atoms with Crippen LogP contribution in [0.2, 0.25) is 0 Å². The monoisotopic (exact) mass is 307 g/mol. The highest BCUT2D eigenvalue weighted by Gasteiger charge is 2.16. The molecule has 0 aromatic heterocycles. The first-order valence-corrected chi connectivity index (χ1v) is 6.98. The van der Waals surface area contributed by atoms with Crippen LogP contribution in [0.3, 0.4) is 0 Å². The summed E-state index contributed by atoms with van der Waals surface area (Å²) in [5, 5.41) is 2.44. The molecule has 0 saturated heterocycles. The van der Waals surface area contributed by atoms with Crippen LogP contribution in [0, 0.1) is 0 Å². The van der Waals surface area contributed by atoms with E-state index in [4.69, 9.17) is 9.47 Å². The zero-order valence-electron chi connectivity index (χ0n) is 13.0. The second kappa shape index (κ2) is 8.17. The Morgan fingerprint density at radius 3 is 2.32 bits per heavy atom. The summed E-state index contributed by atoms with van der Waals surface area (Å²) in [4.78, 5) is 34.6. The number of Topliss-reactive ketones (excluding diaryl/α,β-unsaturated/α-hetero) is 1. The maximum absolute atomic E-state index is 11.7. The molecule has 1 rings (SSSR count). The quantitative estimate of drug-likeness (QED) is 0.644. The van der Waals surface area contributed by atoms with Crippen LogP contribution in [-0.2, 0) is 14.3 Å². The van der Waals surface area contributed by atoms with Gasteiger partial charge in [-0.15, -0.1) is 0 Å². The van der Waals surface area contributed by atoms with Crippen molar-refractivity contribution in [1.82, 2.24) is 5.32 Å². The molecule has 0 aliphatic rings. The summed E-state index contributed by atoms with van der Waals surface area (Å²) in [5.74, 6) is -0.825. The highest BCUT2D eigenvalue weighted by molar-refractivity contribution is 5.97. The lowest BCUT2D eigenvalue weighted by molar-refractivity contribution is -0.142. The lowest BCUT2D eigenvalue weighted by Gasteiger charge is -2.19. The highest BCUT2D eigenvalue weighted by atomic mass is 16.6. The number of alkyl carbamates (subject to hydrolysis) is 1. The Balaban J connectivity index is 2.22. The molecule has 1 N–H and O–H groups in total. The van der Waals surface area contributed by atoms with Crippen molar-refractivity contribution in [2.24, 2.45) is 0 Å². The van der Waals surface area contributed by atoms with E-state index in [1.807, 2.05) is 0 Å². The van der Waals surface area contributed by atoms with Crippen LogP contribution >= 0.6 is 0 Å². The minimum absolute atomic E-state index is 0.0265. The molecule has 0 saturated carbocycles. The summed E-state index contributed by atoms with van der Waals surface area (Å²) >= 11 is 0. The molecule has 0 radical (unpaired) electrons. The highest BCUT2D eigenvalue weighted by Crippen LogP contribution is 2.06. The van der Waals surface area contributed by atoms with E-state index in [0.29, 0.717) is 5.56 Å². The van der Waals surface area contributed by atoms with Crippen LogP contribution < -0.4 is 5.32 Å². The average Bonchev–Trinajstić information content (AvgIpc) is 2.43. The van der Waals surface area contributed by atoms with Gasteiger partial charge in [0.2, 0.25) is 0 Å². The van der Waals surface area contributed by atoms with Gasteiger partial charge < -0.3 is 14.8 Å².